The average molecular weight is 371 g/mol. The summed E-state index contributed by atoms with van der Waals surface area (Å²) >= 11 is 0. The van der Waals surface area contributed by atoms with Crippen LogP contribution in [-0.2, 0) is 12.8 Å². The number of benzene rings is 1. The first-order valence-corrected chi connectivity index (χ1v) is 7.14. The van der Waals surface area contributed by atoms with Crippen LogP contribution in [0.5, 0.6) is 6.01 Å². The van der Waals surface area contributed by atoms with Gasteiger partial charge in [-0.05, 0) is 18.2 Å². The van der Waals surface area contributed by atoms with E-state index in [2.05, 4.69) is 20.3 Å². The fourth-order valence-corrected chi connectivity index (χ4v) is 1.97. The van der Waals surface area contributed by atoms with Gasteiger partial charge in [-0.25, -0.2) is 23.4 Å². The number of aromatic nitrogens is 5. The maximum absolute atomic E-state index is 12.7. The summed E-state index contributed by atoms with van der Waals surface area (Å²) in [4.78, 5) is 7.25. The molecule has 0 fully saturated rings. The molecule has 3 aromatic rings. The van der Waals surface area contributed by atoms with Crippen LogP contribution >= 0.6 is 0 Å². The van der Waals surface area contributed by atoms with Gasteiger partial charge < -0.3 is 4.74 Å². The zero-order valence-electron chi connectivity index (χ0n) is 12.9. The van der Waals surface area contributed by atoms with Crippen molar-refractivity contribution in [1.82, 2.24) is 25.0 Å². The van der Waals surface area contributed by atoms with Gasteiger partial charge in [0.1, 0.15) is 12.3 Å². The van der Waals surface area contributed by atoms with Gasteiger partial charge >= 0.3 is 12.2 Å². The second kappa shape index (κ2) is 7.02. The van der Waals surface area contributed by atoms with Crippen molar-refractivity contribution in [3.05, 3.63) is 59.7 Å². The van der Waals surface area contributed by atoms with Gasteiger partial charge in [0.25, 0.3) is 6.43 Å². The van der Waals surface area contributed by atoms with Crippen LogP contribution in [0, 0.1) is 0 Å². The van der Waals surface area contributed by atoms with E-state index in [1.54, 1.807) is 0 Å². The maximum atomic E-state index is 12.7. The van der Waals surface area contributed by atoms with E-state index in [1.165, 1.54) is 18.3 Å². The highest BCUT2D eigenvalue weighted by Crippen LogP contribution is 2.30. The lowest BCUT2D eigenvalue weighted by Crippen LogP contribution is -2.06. The molecule has 1 aromatic carbocycles. The van der Waals surface area contributed by atoms with E-state index in [4.69, 9.17) is 4.74 Å². The Labute approximate surface area is 143 Å². The third kappa shape index (κ3) is 4.10. The third-order valence-electron chi connectivity index (χ3n) is 3.23. The molecule has 0 saturated carbocycles. The number of hydrogen-bond donors (Lipinski definition) is 0. The van der Waals surface area contributed by atoms with E-state index in [0.29, 0.717) is 5.69 Å². The number of rotatable bonds is 5. The van der Waals surface area contributed by atoms with Gasteiger partial charge in [0, 0.05) is 12.4 Å². The van der Waals surface area contributed by atoms with E-state index in [1.807, 2.05) is 0 Å². The Morgan fingerprint density at radius 2 is 1.85 bits per heavy atom. The van der Waals surface area contributed by atoms with Gasteiger partial charge in [-0.1, -0.05) is 11.3 Å². The van der Waals surface area contributed by atoms with Gasteiger partial charge in [-0.2, -0.15) is 13.2 Å². The van der Waals surface area contributed by atoms with Crippen molar-refractivity contribution in [2.24, 2.45) is 0 Å². The number of nitrogens with zero attached hydrogens (tertiary/aromatic N) is 5. The smallest absolute Gasteiger partial charge is 0.416 e. The van der Waals surface area contributed by atoms with Crippen LogP contribution in [0.15, 0.2) is 42.9 Å². The number of alkyl halides is 5. The Bertz CT molecular complexity index is 879. The third-order valence-corrected chi connectivity index (χ3v) is 3.23. The van der Waals surface area contributed by atoms with E-state index in [9.17, 15) is 22.0 Å². The van der Waals surface area contributed by atoms with Gasteiger partial charge in [0.2, 0.25) is 0 Å². The summed E-state index contributed by atoms with van der Waals surface area (Å²) in [7, 11) is 0. The lowest BCUT2D eigenvalue weighted by molar-refractivity contribution is -0.137. The van der Waals surface area contributed by atoms with Crippen LogP contribution in [0.2, 0.25) is 0 Å². The Hall–Kier alpha value is -3.11. The lowest BCUT2D eigenvalue weighted by atomic mass is 10.2. The Balaban J connectivity index is 1.68. The SMILES string of the molecule is FC(F)c1cnc(OCc2cn(-c3cccc(C(F)(F)F)c3)nn2)nc1. The van der Waals surface area contributed by atoms with Crippen molar-refractivity contribution < 1.29 is 26.7 Å². The Kier molecular flexibility index (Phi) is 4.78. The standard InChI is InChI=1S/C15H10F5N5O/c16-13(17)9-5-21-14(22-6-9)26-8-11-7-25(24-23-11)12-3-1-2-10(4-12)15(18,19)20/h1-7,13H,8H2. The van der Waals surface area contributed by atoms with Crippen molar-refractivity contribution in [3.63, 3.8) is 0 Å². The molecule has 136 valence electrons. The summed E-state index contributed by atoms with van der Waals surface area (Å²) in [6.45, 7) is -0.132. The summed E-state index contributed by atoms with van der Waals surface area (Å²) in [5.74, 6) is 0. The summed E-state index contributed by atoms with van der Waals surface area (Å²) in [5.41, 5.74) is -0.677. The van der Waals surface area contributed by atoms with Crippen LogP contribution in [0.3, 0.4) is 0 Å². The van der Waals surface area contributed by atoms with Crippen molar-refractivity contribution in [2.75, 3.05) is 0 Å². The number of halogens is 5. The van der Waals surface area contributed by atoms with Crippen LogP contribution in [0.4, 0.5) is 22.0 Å². The van der Waals surface area contributed by atoms with E-state index in [-0.39, 0.29) is 23.9 Å². The van der Waals surface area contributed by atoms with Crippen LogP contribution in [-0.4, -0.2) is 25.0 Å². The molecule has 0 atom stereocenters. The topological polar surface area (TPSA) is 65.7 Å². The molecule has 0 amide bonds. The molecule has 0 N–H and O–H groups in total. The second-order valence-corrected chi connectivity index (χ2v) is 5.09. The van der Waals surface area contributed by atoms with Gasteiger partial charge in [-0.3, -0.25) is 0 Å². The van der Waals surface area contributed by atoms with Crippen LogP contribution in [0.1, 0.15) is 23.2 Å². The van der Waals surface area contributed by atoms with Crippen molar-refractivity contribution in [1.29, 1.82) is 0 Å². The number of hydrogen-bond acceptors (Lipinski definition) is 5. The molecule has 0 aliphatic rings. The first-order valence-electron chi connectivity index (χ1n) is 7.14. The van der Waals surface area contributed by atoms with Crippen LogP contribution < -0.4 is 4.74 Å². The predicted octanol–water partition coefficient (Wildman–Crippen LogP) is 3.59. The fraction of sp³-hybridized carbons (Fsp3) is 0.200. The zero-order valence-corrected chi connectivity index (χ0v) is 12.9. The summed E-state index contributed by atoms with van der Waals surface area (Å²) in [5, 5.41) is 7.51. The lowest BCUT2D eigenvalue weighted by Gasteiger charge is -2.08. The monoisotopic (exact) mass is 371 g/mol. The summed E-state index contributed by atoms with van der Waals surface area (Å²) in [6.07, 6.45) is -3.90. The molecule has 2 aromatic heterocycles. The largest absolute Gasteiger partial charge is 0.457 e. The molecule has 0 unspecified atom stereocenters. The molecule has 2 heterocycles. The molecule has 3 rings (SSSR count). The van der Waals surface area contributed by atoms with E-state index in [0.717, 1.165) is 29.2 Å². The van der Waals surface area contributed by atoms with Crippen molar-refractivity contribution in [2.45, 2.75) is 19.2 Å². The minimum atomic E-state index is -4.47. The normalized spacial score (nSPS) is 11.8. The summed E-state index contributed by atoms with van der Waals surface area (Å²) < 4.78 is 69.4. The highest BCUT2D eigenvalue weighted by atomic mass is 19.4. The van der Waals surface area contributed by atoms with Crippen molar-refractivity contribution in [3.8, 4) is 11.7 Å². The zero-order chi connectivity index (χ0) is 18.7. The fourth-order valence-electron chi connectivity index (χ4n) is 1.97. The molecule has 0 saturated heterocycles. The average Bonchev–Trinajstić information content (AvgIpc) is 3.09. The predicted molar refractivity (Wildman–Crippen MR) is 77.7 cm³/mol. The minimum absolute atomic E-state index is 0.132. The molecule has 0 bridgehead atoms. The van der Waals surface area contributed by atoms with Gasteiger partial charge in [-0.15, -0.1) is 5.10 Å². The molecule has 0 aliphatic heterocycles. The molecule has 0 aliphatic carbocycles. The first-order chi connectivity index (χ1) is 12.3. The van der Waals surface area contributed by atoms with E-state index < -0.39 is 18.2 Å². The summed E-state index contributed by atoms with van der Waals surface area (Å²) in [6, 6.07) is 4.45. The maximum Gasteiger partial charge on any atom is 0.416 e. The van der Waals surface area contributed by atoms with Gasteiger partial charge in [0.05, 0.1) is 23.0 Å². The van der Waals surface area contributed by atoms with Crippen molar-refractivity contribution >= 4 is 0 Å². The van der Waals surface area contributed by atoms with E-state index >= 15 is 0 Å². The molecule has 11 heteroatoms. The highest BCUT2D eigenvalue weighted by molar-refractivity contribution is 5.36. The molecular weight excluding hydrogens is 361 g/mol. The Morgan fingerprint density at radius 3 is 2.50 bits per heavy atom. The molecule has 0 radical (unpaired) electrons. The highest BCUT2D eigenvalue weighted by Gasteiger charge is 2.30. The minimum Gasteiger partial charge on any atom is -0.457 e. The molecular formula is C15H10F5N5O. The number of ether oxygens (including phenoxy) is 1. The molecule has 0 spiro atoms. The molecule has 6 nitrogen and oxygen atoms in total. The van der Waals surface area contributed by atoms with Crippen LogP contribution in [0.25, 0.3) is 5.69 Å². The second-order valence-electron chi connectivity index (χ2n) is 5.09. The quantitative estimate of drug-likeness (QED) is 0.642. The Morgan fingerprint density at radius 1 is 1.12 bits per heavy atom. The molecule has 26 heavy (non-hydrogen) atoms. The first kappa shape index (κ1) is 17.7. The van der Waals surface area contributed by atoms with Gasteiger partial charge in [0.15, 0.2) is 0 Å².